The molecule has 0 rings (SSSR count). The molecule has 9 nitrogen and oxygen atoms in total. The maximum atomic E-state index is 12.9. The number of rotatable bonds is 62. The minimum absolute atomic E-state index is 0.149. The van der Waals surface area contributed by atoms with E-state index in [1.807, 2.05) is 21.1 Å². The van der Waals surface area contributed by atoms with Crippen molar-refractivity contribution in [3.8, 4) is 0 Å². The highest BCUT2D eigenvalue weighted by Crippen LogP contribution is 2.18. The molecule has 0 amide bonds. The number of likely N-dealkylation sites (N-methyl/N-ethyl adjacent to an activating group) is 1. The Kier molecular flexibility index (Phi) is 58.2. The van der Waals surface area contributed by atoms with Crippen LogP contribution in [0.1, 0.15) is 316 Å². The van der Waals surface area contributed by atoms with Gasteiger partial charge >= 0.3 is 11.9 Å². The van der Waals surface area contributed by atoms with Crippen LogP contribution in [0.4, 0.5) is 0 Å². The van der Waals surface area contributed by atoms with E-state index in [2.05, 4.69) is 62.5 Å². The summed E-state index contributed by atoms with van der Waals surface area (Å²) in [5, 5.41) is 11.8. The number of allylic oxidation sites excluding steroid dienone is 8. The summed E-state index contributed by atoms with van der Waals surface area (Å²) in [6.07, 6.45) is 73.3. The summed E-state index contributed by atoms with van der Waals surface area (Å²) < 4.78 is 22.8. The van der Waals surface area contributed by atoms with E-state index >= 15 is 0 Å². The Morgan fingerprint density at radius 1 is 0.397 bits per heavy atom. The van der Waals surface area contributed by atoms with Gasteiger partial charge in [0.05, 0.1) is 40.3 Å². The topological polar surface area (TPSA) is 111 Å². The maximum absolute atomic E-state index is 12.9. The fourth-order valence-electron chi connectivity index (χ4n) is 9.77. The summed E-state index contributed by atoms with van der Waals surface area (Å²) in [4.78, 5) is 37.4. The summed E-state index contributed by atoms with van der Waals surface area (Å²) in [6, 6.07) is 0. The number of quaternary nitrogens is 1. The second kappa shape index (κ2) is 60.3. The number of aliphatic carboxylic acids is 1. The number of hydrogen-bond acceptors (Lipinski definition) is 8. The van der Waals surface area contributed by atoms with Crippen molar-refractivity contribution in [2.24, 2.45) is 0 Å². The van der Waals surface area contributed by atoms with Gasteiger partial charge < -0.3 is 33.3 Å². The van der Waals surface area contributed by atoms with Crippen LogP contribution < -0.4 is 5.11 Å². The van der Waals surface area contributed by atoms with E-state index in [1.165, 1.54) is 225 Å². The Bertz CT molecular complexity index is 1420. The fraction of sp³-hybridized carbons (Fsp3) is 0.841. The maximum Gasteiger partial charge on any atom is 0.306 e. The predicted molar refractivity (Wildman–Crippen MR) is 329 cm³/mol. The number of nitrogens with zero attached hydrogens (tertiary/aromatic N) is 1. The van der Waals surface area contributed by atoms with Crippen LogP contribution >= 0.6 is 0 Å². The molecule has 78 heavy (non-hydrogen) atoms. The van der Waals surface area contributed by atoms with E-state index in [4.69, 9.17) is 18.9 Å². The van der Waals surface area contributed by atoms with Crippen LogP contribution in [0.2, 0.25) is 0 Å². The highest BCUT2D eigenvalue weighted by molar-refractivity contribution is 5.70. The summed E-state index contributed by atoms with van der Waals surface area (Å²) in [6.45, 7) is 4.69. The van der Waals surface area contributed by atoms with Gasteiger partial charge in [0.25, 0.3) is 0 Å². The van der Waals surface area contributed by atoms with E-state index < -0.39 is 24.3 Å². The first kappa shape index (κ1) is 75.2. The average molecular weight is 1100 g/mol. The van der Waals surface area contributed by atoms with E-state index in [0.29, 0.717) is 23.9 Å². The molecule has 2 atom stereocenters. The molecule has 0 fully saturated rings. The third-order valence-corrected chi connectivity index (χ3v) is 14.8. The van der Waals surface area contributed by atoms with Crippen LogP contribution in [0.5, 0.6) is 0 Å². The van der Waals surface area contributed by atoms with Crippen molar-refractivity contribution >= 4 is 17.9 Å². The third kappa shape index (κ3) is 60.9. The number of carboxylic acid groups (broad SMARTS) is 1. The van der Waals surface area contributed by atoms with Crippen molar-refractivity contribution in [3.63, 3.8) is 0 Å². The van der Waals surface area contributed by atoms with Gasteiger partial charge in [-0.2, -0.15) is 0 Å². The predicted octanol–water partition coefficient (Wildman–Crippen LogP) is 18.9. The van der Waals surface area contributed by atoms with Crippen molar-refractivity contribution in [2.75, 3.05) is 47.5 Å². The van der Waals surface area contributed by atoms with Gasteiger partial charge in [0.2, 0.25) is 0 Å². The zero-order valence-corrected chi connectivity index (χ0v) is 52.0. The van der Waals surface area contributed by atoms with E-state index in [1.54, 1.807) is 0 Å². The molecule has 0 aromatic heterocycles. The summed E-state index contributed by atoms with van der Waals surface area (Å²) in [5.74, 6) is -2.26. The molecule has 0 aromatic carbocycles. The summed E-state index contributed by atoms with van der Waals surface area (Å²) in [7, 11) is 5.94. The average Bonchev–Trinajstić information content (AvgIpc) is 3.41. The standard InChI is InChI=1S/C69H127NO8/c1-6-8-10-12-14-16-18-20-22-24-26-28-30-32-34-36-38-40-42-44-46-48-50-52-54-56-58-60-67(72)78-65(64-77-69(68(73)74)75-62-61-70(3,4)5)63-76-66(71)59-57-55-53-51-49-47-45-43-41-39-37-35-33-31-29-27-25-23-21-19-17-15-13-11-9-7-2/h8,10,14,16,20,22,26,28,65,69H,6-7,9,11-13,15,17-19,21,23-25,27,29-64H2,1-5H3/b10-8-,16-14-,22-20-,28-26-. The second-order valence-electron chi connectivity index (χ2n) is 23.7. The lowest BCUT2D eigenvalue weighted by molar-refractivity contribution is -0.870. The van der Waals surface area contributed by atoms with Crippen molar-refractivity contribution in [1.82, 2.24) is 0 Å². The molecule has 0 bridgehead atoms. The Balaban J connectivity index is 4.12. The minimum atomic E-state index is -1.62. The minimum Gasteiger partial charge on any atom is -0.545 e. The fourth-order valence-corrected chi connectivity index (χ4v) is 9.77. The van der Waals surface area contributed by atoms with Crippen LogP contribution in [0.3, 0.4) is 0 Å². The van der Waals surface area contributed by atoms with Gasteiger partial charge in [-0.05, 0) is 51.4 Å². The molecule has 0 aliphatic heterocycles. The molecular weight excluding hydrogens is 971 g/mol. The number of carbonyl (C=O) groups excluding carboxylic acids is 3. The molecule has 0 aliphatic rings. The molecule has 0 saturated heterocycles. The lowest BCUT2D eigenvalue weighted by Crippen LogP contribution is -2.44. The lowest BCUT2D eigenvalue weighted by Gasteiger charge is -2.26. The zero-order chi connectivity index (χ0) is 56.9. The van der Waals surface area contributed by atoms with Crippen LogP contribution in [-0.2, 0) is 33.3 Å². The first-order valence-electron chi connectivity index (χ1n) is 33.3. The van der Waals surface area contributed by atoms with Gasteiger partial charge in [-0.3, -0.25) is 9.59 Å². The molecular formula is C69H127NO8. The molecule has 0 aromatic rings. The van der Waals surface area contributed by atoms with E-state index in [0.717, 1.165) is 57.8 Å². The highest BCUT2D eigenvalue weighted by atomic mass is 16.7. The quantitative estimate of drug-likeness (QED) is 0.0195. The zero-order valence-electron chi connectivity index (χ0n) is 52.0. The van der Waals surface area contributed by atoms with Crippen molar-refractivity contribution in [1.29, 1.82) is 0 Å². The number of unbranched alkanes of at least 4 members (excludes halogenated alkanes) is 39. The number of carbonyl (C=O) groups is 3. The molecule has 0 heterocycles. The van der Waals surface area contributed by atoms with Gasteiger partial charge in [-0.1, -0.05) is 300 Å². The molecule has 2 unspecified atom stereocenters. The van der Waals surface area contributed by atoms with Gasteiger partial charge in [-0.15, -0.1) is 0 Å². The molecule has 0 saturated carbocycles. The van der Waals surface area contributed by atoms with Crippen molar-refractivity contribution in [3.05, 3.63) is 48.6 Å². The first-order valence-corrected chi connectivity index (χ1v) is 33.3. The largest absolute Gasteiger partial charge is 0.545 e. The number of carboxylic acids is 1. The lowest BCUT2D eigenvalue weighted by atomic mass is 10.0. The van der Waals surface area contributed by atoms with Gasteiger partial charge in [0.1, 0.15) is 13.2 Å². The van der Waals surface area contributed by atoms with Crippen LogP contribution in [0, 0.1) is 0 Å². The molecule has 0 radical (unpaired) electrons. The number of ether oxygens (including phenoxy) is 4. The smallest absolute Gasteiger partial charge is 0.306 e. The first-order chi connectivity index (χ1) is 38.1. The molecule has 0 N–H and O–H groups in total. The number of hydrogen-bond donors (Lipinski definition) is 0. The Morgan fingerprint density at radius 3 is 1.09 bits per heavy atom. The van der Waals surface area contributed by atoms with Gasteiger partial charge in [0.15, 0.2) is 12.4 Å². The highest BCUT2D eigenvalue weighted by Gasteiger charge is 2.22. The normalized spacial score (nSPS) is 13.0. The van der Waals surface area contributed by atoms with E-state index in [-0.39, 0.29) is 32.2 Å². The molecule has 0 spiro atoms. The van der Waals surface area contributed by atoms with Crippen LogP contribution in [0.25, 0.3) is 0 Å². The van der Waals surface area contributed by atoms with Crippen molar-refractivity contribution in [2.45, 2.75) is 328 Å². The molecule has 9 heteroatoms. The summed E-state index contributed by atoms with van der Waals surface area (Å²) >= 11 is 0. The number of esters is 2. The van der Waals surface area contributed by atoms with Gasteiger partial charge in [-0.25, -0.2) is 0 Å². The van der Waals surface area contributed by atoms with Crippen molar-refractivity contribution < 1.29 is 42.9 Å². The Labute approximate surface area is 482 Å². The molecule has 0 aliphatic carbocycles. The van der Waals surface area contributed by atoms with Gasteiger partial charge in [0, 0.05) is 12.8 Å². The SMILES string of the molecule is CC/C=C\C/C=C\C/C=C\C/C=C\CCCCCCCCCCCCCCCCC(=O)OC(COC(=O)CCCCCCCCCCCCCCCCCCCCCCCCCCCC)COC(OCC[N+](C)(C)C)C(=O)[O-]. The van der Waals surface area contributed by atoms with Crippen LogP contribution in [-0.4, -0.2) is 82.3 Å². The monoisotopic (exact) mass is 1100 g/mol. The van der Waals surface area contributed by atoms with Crippen LogP contribution in [0.15, 0.2) is 48.6 Å². The Morgan fingerprint density at radius 2 is 0.731 bits per heavy atom. The summed E-state index contributed by atoms with van der Waals surface area (Å²) in [5.41, 5.74) is 0. The molecule has 456 valence electrons. The van der Waals surface area contributed by atoms with E-state index in [9.17, 15) is 19.5 Å². The Hall–Kier alpha value is -2.75. The second-order valence-corrected chi connectivity index (χ2v) is 23.7. The third-order valence-electron chi connectivity index (χ3n) is 14.8.